The van der Waals surface area contributed by atoms with Crippen molar-refractivity contribution in [3.8, 4) is 0 Å². The molecule has 4 N–H and O–H groups in total. The Kier molecular flexibility index (Phi) is 3.72. The van der Waals surface area contributed by atoms with Crippen molar-refractivity contribution in [1.82, 2.24) is 14.8 Å². The summed E-state index contributed by atoms with van der Waals surface area (Å²) in [5.41, 5.74) is 3.72. The summed E-state index contributed by atoms with van der Waals surface area (Å²) in [5, 5.41) is 13.5. The number of amidine groups is 1. The smallest absolute Gasteiger partial charge is 0.339 e. The lowest BCUT2D eigenvalue weighted by Crippen LogP contribution is -2.34. The molecule has 1 rings (SSSR count). The van der Waals surface area contributed by atoms with Crippen LogP contribution in [-0.4, -0.2) is 31.1 Å². The van der Waals surface area contributed by atoms with Crippen molar-refractivity contribution in [3.63, 3.8) is 0 Å². The molecule has 0 aliphatic carbocycles. The highest BCUT2D eigenvalue weighted by molar-refractivity contribution is 8.00. The van der Waals surface area contributed by atoms with Crippen molar-refractivity contribution in [2.24, 2.45) is 17.9 Å². The summed E-state index contributed by atoms with van der Waals surface area (Å²) in [6.45, 7) is 1.68. The quantitative estimate of drug-likeness (QED) is 0.152. The first kappa shape index (κ1) is 12.3. The van der Waals surface area contributed by atoms with Crippen LogP contribution in [0.3, 0.4) is 0 Å². The van der Waals surface area contributed by atoms with Gasteiger partial charge in [-0.3, -0.25) is 19.4 Å². The molecule has 0 aliphatic heterocycles. The summed E-state index contributed by atoms with van der Waals surface area (Å²) in [6, 6.07) is 0. The van der Waals surface area contributed by atoms with Gasteiger partial charge in [0.15, 0.2) is 11.0 Å². The van der Waals surface area contributed by atoms with Crippen LogP contribution in [-0.2, 0) is 7.05 Å². The SMILES string of the molecule is CC(Sc1nc(=O)c(=O)[nH]n1C)C(N)=NO. The maximum absolute atomic E-state index is 11.0. The zero-order valence-corrected chi connectivity index (χ0v) is 9.48. The lowest BCUT2D eigenvalue weighted by atomic mass is 10.4. The molecule has 16 heavy (non-hydrogen) atoms. The van der Waals surface area contributed by atoms with Gasteiger partial charge < -0.3 is 10.9 Å². The first-order valence-corrected chi connectivity index (χ1v) is 5.15. The molecule has 1 aromatic heterocycles. The Hall–Kier alpha value is -1.77. The Morgan fingerprint density at radius 3 is 2.88 bits per heavy atom. The summed E-state index contributed by atoms with van der Waals surface area (Å²) in [5.74, 6) is 0.00505. The summed E-state index contributed by atoms with van der Waals surface area (Å²) in [4.78, 5) is 25.5. The van der Waals surface area contributed by atoms with Gasteiger partial charge in [0, 0.05) is 7.05 Å². The minimum absolute atomic E-state index is 0.00505. The van der Waals surface area contributed by atoms with Crippen molar-refractivity contribution in [3.05, 3.63) is 20.7 Å². The number of hydrogen-bond donors (Lipinski definition) is 3. The van der Waals surface area contributed by atoms with Crippen LogP contribution < -0.4 is 16.9 Å². The van der Waals surface area contributed by atoms with Crippen LogP contribution in [0.1, 0.15) is 6.92 Å². The van der Waals surface area contributed by atoms with Crippen molar-refractivity contribution < 1.29 is 5.21 Å². The van der Waals surface area contributed by atoms with Crippen LogP contribution in [0, 0.1) is 0 Å². The number of aromatic amines is 1. The van der Waals surface area contributed by atoms with Crippen LogP contribution in [0.5, 0.6) is 0 Å². The van der Waals surface area contributed by atoms with Gasteiger partial charge in [-0.1, -0.05) is 16.9 Å². The third kappa shape index (κ3) is 2.63. The second-order valence-corrected chi connectivity index (χ2v) is 4.29. The molecule has 0 saturated heterocycles. The van der Waals surface area contributed by atoms with E-state index in [4.69, 9.17) is 10.9 Å². The normalized spacial score (nSPS) is 13.8. The molecule has 88 valence electrons. The standard InChI is InChI=1S/C7H11N5O3S/c1-3(4(8)11-15)16-7-9-5(13)6(14)10-12(7)2/h3,15H,1-2H3,(H2,8,11)(H,10,14). The van der Waals surface area contributed by atoms with Crippen molar-refractivity contribution in [1.29, 1.82) is 0 Å². The number of thioether (sulfide) groups is 1. The highest BCUT2D eigenvalue weighted by Gasteiger charge is 2.13. The number of oxime groups is 1. The van der Waals surface area contributed by atoms with E-state index in [0.717, 1.165) is 11.8 Å². The third-order valence-electron chi connectivity index (χ3n) is 1.76. The van der Waals surface area contributed by atoms with E-state index < -0.39 is 11.1 Å². The molecular formula is C7H11N5O3S. The molecular weight excluding hydrogens is 234 g/mol. The van der Waals surface area contributed by atoms with Crippen LogP contribution in [0.25, 0.3) is 0 Å². The fourth-order valence-corrected chi connectivity index (χ4v) is 1.69. The van der Waals surface area contributed by atoms with Crippen molar-refractivity contribution >= 4 is 17.6 Å². The number of rotatable bonds is 3. The molecule has 0 aliphatic rings. The van der Waals surface area contributed by atoms with Crippen LogP contribution in [0.15, 0.2) is 19.9 Å². The van der Waals surface area contributed by atoms with E-state index in [9.17, 15) is 9.59 Å². The number of nitrogens with zero attached hydrogens (tertiary/aromatic N) is 3. The number of aryl methyl sites for hydroxylation is 1. The molecule has 0 saturated carbocycles. The minimum atomic E-state index is -0.868. The Labute approximate surface area is 94.2 Å². The summed E-state index contributed by atoms with van der Waals surface area (Å²) < 4.78 is 1.30. The number of H-pyrrole nitrogens is 1. The number of aromatic nitrogens is 3. The Morgan fingerprint density at radius 2 is 2.31 bits per heavy atom. The van der Waals surface area contributed by atoms with Gasteiger partial charge in [0.2, 0.25) is 0 Å². The van der Waals surface area contributed by atoms with Gasteiger partial charge in [0.05, 0.1) is 5.25 Å². The highest BCUT2D eigenvalue weighted by atomic mass is 32.2. The zero-order chi connectivity index (χ0) is 12.3. The number of hydrogen-bond acceptors (Lipinski definition) is 6. The molecule has 9 heteroatoms. The summed E-state index contributed by atoms with van der Waals surface area (Å²) in [6.07, 6.45) is 0. The monoisotopic (exact) mass is 245 g/mol. The average Bonchev–Trinajstić information content (AvgIpc) is 2.24. The van der Waals surface area contributed by atoms with Crippen LogP contribution in [0.4, 0.5) is 0 Å². The van der Waals surface area contributed by atoms with Gasteiger partial charge in [0.25, 0.3) is 0 Å². The summed E-state index contributed by atoms with van der Waals surface area (Å²) in [7, 11) is 1.54. The third-order valence-corrected chi connectivity index (χ3v) is 2.93. The molecule has 1 unspecified atom stereocenters. The van der Waals surface area contributed by atoms with Crippen molar-refractivity contribution in [2.45, 2.75) is 17.3 Å². The molecule has 1 heterocycles. The van der Waals surface area contributed by atoms with E-state index in [0.29, 0.717) is 0 Å². The number of nitrogens with two attached hydrogens (primary N) is 1. The molecule has 8 nitrogen and oxygen atoms in total. The zero-order valence-electron chi connectivity index (χ0n) is 8.67. The topological polar surface area (TPSA) is 126 Å². The predicted octanol–water partition coefficient (Wildman–Crippen LogP) is -1.30. The molecule has 0 radical (unpaired) electrons. The van der Waals surface area contributed by atoms with Gasteiger partial charge in [-0.2, -0.15) is 4.98 Å². The summed E-state index contributed by atoms with van der Waals surface area (Å²) >= 11 is 1.09. The average molecular weight is 245 g/mol. The van der Waals surface area contributed by atoms with E-state index in [2.05, 4.69) is 15.2 Å². The van der Waals surface area contributed by atoms with Gasteiger partial charge >= 0.3 is 11.1 Å². The molecule has 1 aromatic rings. The first-order valence-electron chi connectivity index (χ1n) is 4.27. The lowest BCUT2D eigenvalue weighted by molar-refractivity contribution is 0.317. The van der Waals surface area contributed by atoms with Gasteiger partial charge in [-0.05, 0) is 6.92 Å². The van der Waals surface area contributed by atoms with Gasteiger partial charge in [0.1, 0.15) is 0 Å². The Bertz CT molecular complexity index is 519. The minimum Gasteiger partial charge on any atom is -0.409 e. The fraction of sp³-hybridized carbons (Fsp3) is 0.429. The van der Waals surface area contributed by atoms with E-state index in [-0.39, 0.29) is 16.2 Å². The van der Waals surface area contributed by atoms with E-state index in [1.807, 2.05) is 0 Å². The molecule has 0 amide bonds. The Balaban J connectivity index is 3.03. The molecule has 0 spiro atoms. The molecule has 1 atom stereocenters. The Morgan fingerprint density at radius 1 is 1.69 bits per heavy atom. The predicted molar refractivity (Wildman–Crippen MR) is 58.8 cm³/mol. The maximum Gasteiger partial charge on any atom is 0.339 e. The van der Waals surface area contributed by atoms with E-state index >= 15 is 0 Å². The molecule has 0 fully saturated rings. The molecule has 0 bridgehead atoms. The van der Waals surface area contributed by atoms with Crippen LogP contribution in [0.2, 0.25) is 0 Å². The van der Waals surface area contributed by atoms with Crippen molar-refractivity contribution in [2.75, 3.05) is 0 Å². The first-order chi connectivity index (χ1) is 7.45. The molecule has 0 aromatic carbocycles. The fourth-order valence-electron chi connectivity index (χ4n) is 0.866. The van der Waals surface area contributed by atoms with Crippen LogP contribution >= 0.6 is 11.8 Å². The van der Waals surface area contributed by atoms with Gasteiger partial charge in [-0.15, -0.1) is 0 Å². The highest BCUT2D eigenvalue weighted by Crippen LogP contribution is 2.18. The van der Waals surface area contributed by atoms with Gasteiger partial charge in [-0.25, -0.2) is 0 Å². The largest absolute Gasteiger partial charge is 0.409 e. The van der Waals surface area contributed by atoms with E-state index in [1.54, 1.807) is 6.92 Å². The second kappa shape index (κ2) is 4.84. The number of nitrogens with one attached hydrogen (secondary N) is 1. The van der Waals surface area contributed by atoms with E-state index in [1.165, 1.54) is 11.7 Å². The maximum atomic E-state index is 11.0. The lowest BCUT2D eigenvalue weighted by Gasteiger charge is -2.10. The second-order valence-electron chi connectivity index (χ2n) is 2.98.